The third-order valence-electron chi connectivity index (χ3n) is 5.06. The van der Waals surface area contributed by atoms with E-state index < -0.39 is 0 Å². The van der Waals surface area contributed by atoms with Crippen LogP contribution in [0.25, 0.3) is 22.3 Å². The van der Waals surface area contributed by atoms with Crippen molar-refractivity contribution in [3.63, 3.8) is 0 Å². The Morgan fingerprint density at radius 1 is 1.17 bits per heavy atom. The number of H-pyrrole nitrogens is 1. The molecule has 1 N–H and O–H groups in total. The molecular weight excluding hydrogens is 368 g/mol. The van der Waals surface area contributed by atoms with Gasteiger partial charge in [-0.1, -0.05) is 6.92 Å². The fraction of sp³-hybridized carbons (Fsp3) is 0.429. The van der Waals surface area contributed by atoms with E-state index in [0.717, 1.165) is 46.9 Å². The van der Waals surface area contributed by atoms with Crippen LogP contribution in [-0.4, -0.2) is 63.3 Å². The van der Waals surface area contributed by atoms with Crippen LogP contribution >= 0.6 is 0 Å². The first kappa shape index (κ1) is 19.2. The fourth-order valence-corrected chi connectivity index (χ4v) is 3.59. The molecule has 152 valence electrons. The first-order valence-electron chi connectivity index (χ1n) is 10.0. The maximum atomic E-state index is 11.9. The highest BCUT2D eigenvalue weighted by molar-refractivity contribution is 5.93. The van der Waals surface area contributed by atoms with Crippen LogP contribution in [0.5, 0.6) is 5.75 Å². The number of carbonyl (C=O) groups excluding carboxylic acids is 1. The minimum absolute atomic E-state index is 0.103. The maximum Gasteiger partial charge on any atom is 0.222 e. The second-order valence-corrected chi connectivity index (χ2v) is 7.43. The number of nitrogens with one attached hydrogen (secondary N) is 1. The molecule has 0 aliphatic carbocycles. The lowest BCUT2D eigenvalue weighted by Crippen LogP contribution is -2.48. The van der Waals surface area contributed by atoms with E-state index >= 15 is 0 Å². The van der Waals surface area contributed by atoms with Gasteiger partial charge in [-0.3, -0.25) is 9.89 Å². The summed E-state index contributed by atoms with van der Waals surface area (Å²) in [5.41, 5.74) is 2.47. The molecule has 3 aromatic rings. The number of ether oxygens (including phenoxy) is 1. The van der Waals surface area contributed by atoms with Crippen LogP contribution in [0.2, 0.25) is 0 Å². The van der Waals surface area contributed by atoms with Crippen LogP contribution < -0.4 is 9.64 Å². The Kier molecular flexibility index (Phi) is 5.33. The summed E-state index contributed by atoms with van der Waals surface area (Å²) in [6.45, 7) is 8.86. The molecule has 2 aromatic heterocycles. The van der Waals surface area contributed by atoms with E-state index in [-0.39, 0.29) is 12.0 Å². The van der Waals surface area contributed by atoms with Crippen molar-refractivity contribution in [2.24, 2.45) is 0 Å². The number of anilines is 1. The highest BCUT2D eigenvalue weighted by Gasteiger charge is 2.21. The van der Waals surface area contributed by atoms with Crippen LogP contribution in [0.3, 0.4) is 0 Å². The largest absolute Gasteiger partial charge is 0.491 e. The van der Waals surface area contributed by atoms with Crippen molar-refractivity contribution in [1.82, 2.24) is 25.1 Å². The minimum Gasteiger partial charge on any atom is -0.491 e. The Morgan fingerprint density at radius 3 is 2.69 bits per heavy atom. The van der Waals surface area contributed by atoms with Crippen molar-refractivity contribution in [2.75, 3.05) is 31.1 Å². The quantitative estimate of drug-likeness (QED) is 0.716. The van der Waals surface area contributed by atoms with Gasteiger partial charge in [-0.25, -0.2) is 9.97 Å². The Hall–Kier alpha value is -3.16. The molecule has 1 aliphatic rings. The molecule has 1 aromatic carbocycles. The summed E-state index contributed by atoms with van der Waals surface area (Å²) < 4.78 is 5.83. The predicted octanol–water partition coefficient (Wildman–Crippen LogP) is 2.87. The number of aromatic nitrogens is 4. The highest BCUT2D eigenvalue weighted by atomic mass is 16.5. The van der Waals surface area contributed by atoms with Crippen molar-refractivity contribution in [3.05, 3.63) is 30.6 Å². The van der Waals surface area contributed by atoms with Gasteiger partial charge in [0, 0.05) is 44.1 Å². The molecule has 0 unspecified atom stereocenters. The number of benzene rings is 1. The first-order valence-corrected chi connectivity index (χ1v) is 10.0. The number of carbonyl (C=O) groups is 1. The van der Waals surface area contributed by atoms with Gasteiger partial charge >= 0.3 is 0 Å². The molecule has 4 rings (SSSR count). The Bertz CT molecular complexity index is 1010. The zero-order valence-corrected chi connectivity index (χ0v) is 17.1. The molecule has 1 fully saturated rings. The second-order valence-electron chi connectivity index (χ2n) is 7.43. The van der Waals surface area contributed by atoms with E-state index in [1.54, 1.807) is 6.33 Å². The summed E-state index contributed by atoms with van der Waals surface area (Å²) in [5.74, 6) is 1.86. The van der Waals surface area contributed by atoms with Gasteiger partial charge in [0.2, 0.25) is 5.91 Å². The highest BCUT2D eigenvalue weighted by Crippen LogP contribution is 2.30. The maximum absolute atomic E-state index is 11.9. The number of hydrogen-bond donors (Lipinski definition) is 1. The van der Waals surface area contributed by atoms with Crippen molar-refractivity contribution in [3.8, 4) is 17.1 Å². The number of nitrogens with zero attached hydrogens (tertiary/aromatic N) is 5. The molecule has 3 heterocycles. The molecule has 8 heteroatoms. The number of amides is 1. The van der Waals surface area contributed by atoms with E-state index in [9.17, 15) is 4.79 Å². The van der Waals surface area contributed by atoms with Gasteiger partial charge in [0.05, 0.1) is 17.3 Å². The van der Waals surface area contributed by atoms with Crippen molar-refractivity contribution < 1.29 is 9.53 Å². The molecule has 0 atom stereocenters. The third kappa shape index (κ3) is 4.01. The second kappa shape index (κ2) is 8.06. The molecular formula is C21H26N6O2. The van der Waals surface area contributed by atoms with E-state index in [0.29, 0.717) is 19.5 Å². The Labute approximate surface area is 169 Å². The molecule has 0 radical (unpaired) electrons. The van der Waals surface area contributed by atoms with Gasteiger partial charge in [0.15, 0.2) is 0 Å². The molecule has 1 saturated heterocycles. The molecule has 29 heavy (non-hydrogen) atoms. The van der Waals surface area contributed by atoms with Crippen LogP contribution in [0, 0.1) is 0 Å². The van der Waals surface area contributed by atoms with Gasteiger partial charge in [0.25, 0.3) is 0 Å². The summed E-state index contributed by atoms with van der Waals surface area (Å²) in [7, 11) is 0. The summed E-state index contributed by atoms with van der Waals surface area (Å²) in [5, 5.41) is 8.51. The number of hydrogen-bond acceptors (Lipinski definition) is 6. The van der Waals surface area contributed by atoms with Crippen LogP contribution in [0.15, 0.2) is 30.6 Å². The number of piperazine rings is 1. The topological polar surface area (TPSA) is 87.2 Å². The van der Waals surface area contributed by atoms with Gasteiger partial charge in [-0.2, -0.15) is 5.10 Å². The number of rotatable bonds is 5. The summed E-state index contributed by atoms with van der Waals surface area (Å²) in [6, 6.07) is 7.86. The summed E-state index contributed by atoms with van der Waals surface area (Å²) in [6.07, 6.45) is 2.22. The molecule has 0 saturated carbocycles. The smallest absolute Gasteiger partial charge is 0.222 e. The fourth-order valence-electron chi connectivity index (χ4n) is 3.59. The molecule has 1 aliphatic heterocycles. The first-order chi connectivity index (χ1) is 14.0. The lowest BCUT2D eigenvalue weighted by Gasteiger charge is -2.35. The van der Waals surface area contributed by atoms with Gasteiger partial charge < -0.3 is 14.5 Å². The zero-order valence-electron chi connectivity index (χ0n) is 17.1. The Balaban J connectivity index is 1.58. The zero-order chi connectivity index (χ0) is 20.4. The van der Waals surface area contributed by atoms with E-state index in [4.69, 9.17) is 4.74 Å². The number of aromatic amines is 1. The van der Waals surface area contributed by atoms with E-state index in [2.05, 4.69) is 25.1 Å². The van der Waals surface area contributed by atoms with Gasteiger partial charge in [-0.15, -0.1) is 0 Å². The molecule has 0 spiro atoms. The third-order valence-corrected chi connectivity index (χ3v) is 5.06. The van der Waals surface area contributed by atoms with Crippen molar-refractivity contribution in [2.45, 2.75) is 33.3 Å². The predicted molar refractivity (Wildman–Crippen MR) is 112 cm³/mol. The standard InChI is InChI=1S/C21H26N6O2/c1-4-20(28)27-9-7-26(8-10-27)19-12-18(22-13-23-19)21-16-11-15(29-14(2)3)5-6-17(16)24-25-21/h5-6,11-14H,4,7-10H2,1-3H3,(H,24,25). The average molecular weight is 394 g/mol. The van der Waals surface area contributed by atoms with Crippen molar-refractivity contribution >= 4 is 22.6 Å². The summed E-state index contributed by atoms with van der Waals surface area (Å²) >= 11 is 0. The lowest BCUT2D eigenvalue weighted by molar-refractivity contribution is -0.131. The summed E-state index contributed by atoms with van der Waals surface area (Å²) in [4.78, 5) is 24.9. The van der Waals surface area contributed by atoms with E-state index in [1.807, 2.05) is 49.9 Å². The van der Waals surface area contributed by atoms with E-state index in [1.165, 1.54) is 0 Å². The van der Waals surface area contributed by atoms with Crippen LogP contribution in [0.4, 0.5) is 5.82 Å². The van der Waals surface area contributed by atoms with Crippen LogP contribution in [-0.2, 0) is 4.79 Å². The van der Waals surface area contributed by atoms with Crippen molar-refractivity contribution in [1.29, 1.82) is 0 Å². The SMILES string of the molecule is CCC(=O)N1CCN(c2cc(-c3n[nH]c4ccc(OC(C)C)cc34)ncn2)CC1. The van der Waals surface area contributed by atoms with Gasteiger partial charge in [-0.05, 0) is 32.0 Å². The van der Waals surface area contributed by atoms with Gasteiger partial charge in [0.1, 0.15) is 23.6 Å². The monoisotopic (exact) mass is 394 g/mol. The van der Waals surface area contributed by atoms with Crippen LogP contribution in [0.1, 0.15) is 27.2 Å². The molecule has 1 amide bonds. The molecule has 8 nitrogen and oxygen atoms in total. The number of fused-ring (bicyclic) bond motifs is 1. The Morgan fingerprint density at radius 2 is 1.97 bits per heavy atom. The molecule has 0 bridgehead atoms. The average Bonchev–Trinajstić information content (AvgIpc) is 3.16. The normalized spacial score (nSPS) is 14.6. The lowest BCUT2D eigenvalue weighted by atomic mass is 10.1. The minimum atomic E-state index is 0.103.